The van der Waals surface area contributed by atoms with Gasteiger partial charge in [0.2, 0.25) is 10.0 Å². The van der Waals surface area contributed by atoms with Crippen molar-refractivity contribution in [3.05, 3.63) is 47.9 Å². The Morgan fingerprint density at radius 2 is 1.86 bits per heavy atom. The van der Waals surface area contributed by atoms with E-state index in [1.807, 2.05) is 13.8 Å². The van der Waals surface area contributed by atoms with Crippen LogP contribution >= 0.6 is 0 Å². The van der Waals surface area contributed by atoms with Crippen molar-refractivity contribution in [3.63, 3.8) is 0 Å². The number of nitrogens with two attached hydrogens (primary N) is 1. The van der Waals surface area contributed by atoms with E-state index in [0.29, 0.717) is 46.9 Å². The molecular weight excluding hydrogens is 487 g/mol. The quantitative estimate of drug-likeness (QED) is 0.343. The zero-order valence-corrected chi connectivity index (χ0v) is 21.2. The van der Waals surface area contributed by atoms with Gasteiger partial charge >= 0.3 is 0 Å². The normalized spacial score (nSPS) is 11.6. The lowest BCUT2D eigenvalue weighted by Crippen LogP contribution is -2.12. The van der Waals surface area contributed by atoms with Gasteiger partial charge in [-0.15, -0.1) is 0 Å². The van der Waals surface area contributed by atoms with Crippen molar-refractivity contribution in [1.82, 2.24) is 19.7 Å². The number of hydrogen-bond acceptors (Lipinski definition) is 8. The van der Waals surface area contributed by atoms with Crippen molar-refractivity contribution < 1.29 is 22.3 Å². The molecule has 0 saturated carbocycles. The summed E-state index contributed by atoms with van der Waals surface area (Å²) in [4.78, 5) is 9.34. The lowest BCUT2D eigenvalue weighted by molar-refractivity contribution is 0.341. The Bertz CT molecular complexity index is 1540. The van der Waals surface area contributed by atoms with E-state index in [0.717, 1.165) is 12.1 Å². The minimum atomic E-state index is -3.99. The van der Waals surface area contributed by atoms with Crippen molar-refractivity contribution in [2.45, 2.75) is 31.6 Å². The number of aryl methyl sites for hydroxylation is 2. The Kier molecular flexibility index (Phi) is 7.09. The van der Waals surface area contributed by atoms with E-state index in [1.54, 1.807) is 17.8 Å². The van der Waals surface area contributed by atoms with Crippen molar-refractivity contribution in [3.8, 4) is 22.9 Å². The standard InChI is InChI=1S/C24H27FN6O4S/c1-5-7-18-21-22(31(3)30-18)24(27-14-8-10-20(34-4)17(25)12-14)29-23(28-21)16-13-15(36(26,32)33)9-11-19(16)35-6-2/h8-13H,5-7H2,1-4H3,(H2,26,32,33)(H,27,28,29). The summed E-state index contributed by atoms with van der Waals surface area (Å²) in [5.74, 6) is 0.537. The number of sulfonamides is 1. The van der Waals surface area contributed by atoms with Gasteiger partial charge in [0, 0.05) is 18.8 Å². The van der Waals surface area contributed by atoms with Crippen molar-refractivity contribution in [2.75, 3.05) is 19.0 Å². The second kappa shape index (κ2) is 10.1. The van der Waals surface area contributed by atoms with Crippen molar-refractivity contribution in [1.29, 1.82) is 0 Å². The van der Waals surface area contributed by atoms with E-state index in [-0.39, 0.29) is 16.5 Å². The molecule has 3 N–H and O–H groups in total. The molecule has 4 rings (SSSR count). The second-order valence-electron chi connectivity index (χ2n) is 8.02. The fraction of sp³-hybridized carbons (Fsp3) is 0.292. The maximum absolute atomic E-state index is 14.4. The van der Waals surface area contributed by atoms with Gasteiger partial charge in [-0.2, -0.15) is 5.10 Å². The summed E-state index contributed by atoms with van der Waals surface area (Å²) in [6, 6.07) is 8.73. The minimum Gasteiger partial charge on any atom is -0.494 e. The Morgan fingerprint density at radius 1 is 1.11 bits per heavy atom. The van der Waals surface area contributed by atoms with Crippen LogP contribution in [-0.4, -0.2) is 41.9 Å². The predicted molar refractivity (Wildman–Crippen MR) is 135 cm³/mol. The monoisotopic (exact) mass is 514 g/mol. The SMILES string of the molecule is CCCc1nn(C)c2c(Nc3ccc(OC)c(F)c3)nc(-c3cc(S(N)(=O)=O)ccc3OCC)nc12. The van der Waals surface area contributed by atoms with Gasteiger partial charge in [-0.05, 0) is 43.7 Å². The molecule has 0 atom stereocenters. The van der Waals surface area contributed by atoms with E-state index in [2.05, 4.69) is 15.4 Å². The van der Waals surface area contributed by atoms with Crippen LogP contribution in [0.5, 0.6) is 11.5 Å². The Balaban J connectivity index is 1.97. The molecule has 2 aromatic heterocycles. The molecule has 2 aromatic carbocycles. The third-order valence-corrected chi connectivity index (χ3v) is 6.38. The Morgan fingerprint density at radius 3 is 2.50 bits per heavy atom. The van der Waals surface area contributed by atoms with Crippen LogP contribution in [0.4, 0.5) is 15.9 Å². The summed E-state index contributed by atoms with van der Waals surface area (Å²) in [7, 11) is -0.820. The summed E-state index contributed by atoms with van der Waals surface area (Å²) in [5.41, 5.74) is 2.73. The third-order valence-electron chi connectivity index (χ3n) is 5.47. The smallest absolute Gasteiger partial charge is 0.238 e. The second-order valence-corrected chi connectivity index (χ2v) is 9.59. The van der Waals surface area contributed by atoms with Gasteiger partial charge in [0.05, 0.1) is 29.9 Å². The van der Waals surface area contributed by atoms with Crippen LogP contribution in [0.15, 0.2) is 41.3 Å². The van der Waals surface area contributed by atoms with Crippen LogP contribution in [0.2, 0.25) is 0 Å². The molecule has 0 spiro atoms. The number of rotatable bonds is 9. The van der Waals surface area contributed by atoms with Crippen LogP contribution in [0.3, 0.4) is 0 Å². The van der Waals surface area contributed by atoms with E-state index in [9.17, 15) is 12.8 Å². The average Bonchev–Trinajstić information content (AvgIpc) is 3.14. The molecule has 0 aliphatic heterocycles. The lowest BCUT2D eigenvalue weighted by Gasteiger charge is -2.14. The molecule has 0 aliphatic carbocycles. The number of halogens is 1. The highest BCUT2D eigenvalue weighted by Gasteiger charge is 2.21. The number of fused-ring (bicyclic) bond motifs is 1. The summed E-state index contributed by atoms with van der Waals surface area (Å²) in [6.45, 7) is 4.19. The first-order valence-electron chi connectivity index (χ1n) is 11.3. The number of hydrogen-bond donors (Lipinski definition) is 2. The molecule has 0 fully saturated rings. The van der Waals surface area contributed by atoms with Crippen molar-refractivity contribution >= 4 is 32.6 Å². The highest BCUT2D eigenvalue weighted by atomic mass is 32.2. The predicted octanol–water partition coefficient (Wildman–Crippen LogP) is 3.92. The van der Waals surface area contributed by atoms with Crippen LogP contribution in [0, 0.1) is 5.82 Å². The number of primary sulfonamides is 1. The first kappa shape index (κ1) is 25.3. The van der Waals surface area contributed by atoms with Gasteiger partial charge < -0.3 is 14.8 Å². The van der Waals surface area contributed by atoms with Gasteiger partial charge in [-0.25, -0.2) is 27.9 Å². The van der Waals surface area contributed by atoms with Crippen LogP contribution in [0.25, 0.3) is 22.4 Å². The molecule has 10 nitrogen and oxygen atoms in total. The molecular formula is C24H27FN6O4S. The Hall–Kier alpha value is -3.77. The number of anilines is 2. The number of nitrogens with zero attached hydrogens (tertiary/aromatic N) is 4. The van der Waals surface area contributed by atoms with Crippen LogP contribution < -0.4 is 19.9 Å². The maximum atomic E-state index is 14.4. The summed E-state index contributed by atoms with van der Waals surface area (Å²) < 4.78 is 50.9. The van der Waals surface area contributed by atoms with Crippen LogP contribution in [0.1, 0.15) is 26.0 Å². The zero-order chi connectivity index (χ0) is 26.0. The molecule has 4 aromatic rings. The van der Waals surface area contributed by atoms with Crippen LogP contribution in [-0.2, 0) is 23.5 Å². The summed E-state index contributed by atoms with van der Waals surface area (Å²) in [5, 5.41) is 13.1. The molecule has 0 unspecified atom stereocenters. The van der Waals surface area contributed by atoms with Gasteiger partial charge in [-0.1, -0.05) is 13.3 Å². The van der Waals surface area contributed by atoms with Gasteiger partial charge in [0.25, 0.3) is 0 Å². The fourth-order valence-corrected chi connectivity index (χ4v) is 4.42. The minimum absolute atomic E-state index is 0.101. The van der Waals surface area contributed by atoms with E-state index in [1.165, 1.54) is 37.4 Å². The van der Waals surface area contributed by atoms with Gasteiger partial charge in [0.15, 0.2) is 23.2 Å². The van der Waals surface area contributed by atoms with E-state index >= 15 is 0 Å². The molecule has 2 heterocycles. The molecule has 0 saturated heterocycles. The summed E-state index contributed by atoms with van der Waals surface area (Å²) >= 11 is 0. The topological polar surface area (TPSA) is 134 Å². The first-order valence-corrected chi connectivity index (χ1v) is 12.8. The molecule has 0 aliphatic rings. The lowest BCUT2D eigenvalue weighted by atomic mass is 10.1. The molecule has 0 radical (unpaired) electrons. The first-order chi connectivity index (χ1) is 17.2. The van der Waals surface area contributed by atoms with Gasteiger partial charge in [-0.3, -0.25) is 4.68 Å². The van der Waals surface area contributed by atoms with E-state index < -0.39 is 15.8 Å². The number of nitrogens with one attached hydrogen (secondary N) is 1. The number of methoxy groups -OCH3 is 1. The maximum Gasteiger partial charge on any atom is 0.238 e. The molecule has 12 heteroatoms. The Labute approximate surface area is 208 Å². The van der Waals surface area contributed by atoms with Crippen molar-refractivity contribution in [2.24, 2.45) is 12.2 Å². The number of aromatic nitrogens is 4. The number of ether oxygens (including phenoxy) is 2. The number of benzene rings is 2. The highest BCUT2D eigenvalue weighted by molar-refractivity contribution is 7.89. The highest BCUT2D eigenvalue weighted by Crippen LogP contribution is 2.35. The fourth-order valence-electron chi connectivity index (χ4n) is 3.88. The molecule has 36 heavy (non-hydrogen) atoms. The largest absolute Gasteiger partial charge is 0.494 e. The van der Waals surface area contributed by atoms with E-state index in [4.69, 9.17) is 19.6 Å². The summed E-state index contributed by atoms with van der Waals surface area (Å²) in [6.07, 6.45) is 1.50. The molecule has 0 amide bonds. The average molecular weight is 515 g/mol. The third kappa shape index (κ3) is 4.95. The molecule has 190 valence electrons. The van der Waals surface area contributed by atoms with Gasteiger partial charge in [0.1, 0.15) is 16.8 Å². The molecule has 0 bridgehead atoms. The zero-order valence-electron chi connectivity index (χ0n) is 20.4.